The molecular formula is C54H56F4N6O2Si. The molecule has 10 rings (SSSR count). The Labute approximate surface area is 393 Å². The van der Waals surface area contributed by atoms with Crippen molar-refractivity contribution in [2.24, 2.45) is 4.99 Å². The summed E-state index contributed by atoms with van der Waals surface area (Å²) in [5.41, 5.74) is 4.80. The maximum absolute atomic E-state index is 18.2. The number of morpholine rings is 1. The molecule has 5 heterocycles. The van der Waals surface area contributed by atoms with Gasteiger partial charge in [-0.05, 0) is 66.0 Å². The first kappa shape index (κ1) is 42.7. The van der Waals surface area contributed by atoms with Crippen LogP contribution in [-0.2, 0) is 4.74 Å². The highest BCUT2D eigenvalue weighted by Crippen LogP contribution is 2.45. The topological polar surface area (TPSA) is 76.0 Å². The van der Waals surface area contributed by atoms with Crippen LogP contribution in [0.3, 0.4) is 0 Å². The van der Waals surface area contributed by atoms with Crippen LogP contribution in [0.25, 0.3) is 32.9 Å². The first-order chi connectivity index (χ1) is 33.0. The lowest BCUT2D eigenvalue weighted by atomic mass is 9.94. The molecular weight excluding hydrogens is 869 g/mol. The molecule has 67 heavy (non-hydrogen) atoms. The predicted molar refractivity (Wildman–Crippen MR) is 260 cm³/mol. The number of anilines is 1. The van der Waals surface area contributed by atoms with Crippen molar-refractivity contribution in [3.8, 4) is 28.7 Å². The Kier molecular flexibility index (Phi) is 11.3. The van der Waals surface area contributed by atoms with Crippen molar-refractivity contribution in [3.63, 3.8) is 0 Å². The first-order valence-corrected chi connectivity index (χ1v) is 25.8. The van der Waals surface area contributed by atoms with Gasteiger partial charge in [-0.3, -0.25) is 9.88 Å². The fourth-order valence-corrected chi connectivity index (χ4v) is 16.5. The monoisotopic (exact) mass is 926 g/mol. The van der Waals surface area contributed by atoms with Crippen molar-refractivity contribution in [1.29, 1.82) is 0 Å². The Hall–Kier alpha value is -5.68. The molecule has 346 valence electrons. The molecule has 2 aromatic heterocycles. The van der Waals surface area contributed by atoms with Gasteiger partial charge < -0.3 is 14.4 Å². The normalized spacial score (nSPS) is 22.2. The molecule has 8 nitrogen and oxygen atoms in total. The number of fused-ring (bicyclic) bond motifs is 4. The lowest BCUT2D eigenvalue weighted by Crippen LogP contribution is -2.43. The van der Waals surface area contributed by atoms with Crippen LogP contribution in [0, 0.1) is 28.9 Å². The molecule has 0 unspecified atom stereocenters. The van der Waals surface area contributed by atoms with Crippen LogP contribution < -0.4 is 9.64 Å². The SMILES string of the molecule is [2H]C([2H])(Oc1nc(N2CCO[C@H]3C[C@H]32)c2cnc(-c3cc(N=C(c4ccccc4)c4ccccc4)cc4cc(F)c(F)c(C#C[Si](C(C)C)(C(C)C)C(C)C)c34)c(F)c2n1)[C@@]12CCCN1C[C@H](F)C2. The van der Waals surface area contributed by atoms with E-state index in [0.29, 0.717) is 49.8 Å². The second kappa shape index (κ2) is 17.8. The van der Waals surface area contributed by atoms with Gasteiger partial charge in [0, 0.05) is 47.8 Å². The Morgan fingerprint density at radius 2 is 1.64 bits per heavy atom. The third kappa shape index (κ3) is 8.08. The maximum atomic E-state index is 18.2. The minimum Gasteiger partial charge on any atom is -0.461 e. The molecule has 6 aromatic rings. The number of aliphatic imine (C=N–C) groups is 1. The van der Waals surface area contributed by atoms with Crippen molar-refractivity contribution in [2.45, 2.75) is 108 Å². The van der Waals surface area contributed by atoms with Crippen LogP contribution in [0.15, 0.2) is 90.1 Å². The van der Waals surface area contributed by atoms with Crippen molar-refractivity contribution in [2.75, 3.05) is 37.7 Å². The minimum atomic E-state index is -2.52. The van der Waals surface area contributed by atoms with Crippen LogP contribution in [0.5, 0.6) is 6.01 Å². The molecule has 0 bridgehead atoms. The number of hydrogen-bond acceptors (Lipinski definition) is 8. The predicted octanol–water partition coefficient (Wildman–Crippen LogP) is 11.9. The molecule has 4 aliphatic rings. The highest BCUT2D eigenvalue weighted by molar-refractivity contribution is 6.90. The van der Waals surface area contributed by atoms with Crippen molar-refractivity contribution < 1.29 is 29.8 Å². The van der Waals surface area contributed by atoms with Crippen LogP contribution in [-0.4, -0.2) is 90.3 Å². The lowest BCUT2D eigenvalue weighted by Gasteiger charge is -2.38. The summed E-state index contributed by atoms with van der Waals surface area (Å²) in [4.78, 5) is 23.1. The summed E-state index contributed by atoms with van der Waals surface area (Å²) in [6.45, 7) is 11.8. The lowest BCUT2D eigenvalue weighted by molar-refractivity contribution is 0.102. The summed E-state index contributed by atoms with van der Waals surface area (Å²) in [6.07, 6.45) is 1.89. The molecule has 4 aromatic carbocycles. The van der Waals surface area contributed by atoms with Gasteiger partial charge in [-0.25, -0.2) is 22.6 Å². The van der Waals surface area contributed by atoms with Gasteiger partial charge in [-0.1, -0.05) is 108 Å². The second-order valence-corrected chi connectivity index (χ2v) is 25.1. The molecule has 4 atom stereocenters. The fourth-order valence-electron chi connectivity index (χ4n) is 11.3. The molecule has 0 radical (unpaired) electrons. The van der Waals surface area contributed by atoms with Gasteiger partial charge in [-0.2, -0.15) is 9.97 Å². The standard InChI is InChI=1S/C54H56F4N6O2Si/c1-32(2)67(33(3)4,34(5)6)23-18-40-46-37(25-43(56)47(40)57)24-39(60-49(35-14-9-7-10-15-35)36-16-11-8-12-17-36)26-41(46)50-48(58)51-42(29-59-50)52(64-21-22-65-45-27-44(45)64)62-53(61-51)66-31-54-19-13-20-63(54)30-38(55)28-54/h7-12,14-17,24-26,29,32-34,38,44-45H,13,19-22,27-28,30-31H2,1-6H3/t38-,44-,45+,54+/m1/s1/i31D2. The van der Waals surface area contributed by atoms with Crippen LogP contribution >= 0.6 is 0 Å². The van der Waals surface area contributed by atoms with Gasteiger partial charge >= 0.3 is 6.01 Å². The molecule has 1 saturated carbocycles. The summed E-state index contributed by atoms with van der Waals surface area (Å²) < 4.78 is 96.8. The van der Waals surface area contributed by atoms with Gasteiger partial charge in [0.1, 0.15) is 37.8 Å². The second-order valence-electron chi connectivity index (χ2n) is 19.5. The van der Waals surface area contributed by atoms with Gasteiger partial charge in [0.15, 0.2) is 17.5 Å². The van der Waals surface area contributed by atoms with Crippen molar-refractivity contribution in [3.05, 3.63) is 119 Å². The van der Waals surface area contributed by atoms with E-state index in [1.165, 1.54) is 6.20 Å². The number of benzene rings is 4. The average molecular weight is 927 g/mol. The van der Waals surface area contributed by atoms with Gasteiger partial charge in [-0.15, -0.1) is 5.54 Å². The zero-order valence-corrected chi connectivity index (χ0v) is 39.7. The van der Waals surface area contributed by atoms with E-state index in [-0.39, 0.29) is 80.2 Å². The van der Waals surface area contributed by atoms with Crippen molar-refractivity contribution >= 4 is 47.0 Å². The number of halogens is 4. The molecule has 3 saturated heterocycles. The quantitative estimate of drug-likeness (QED) is 0.0554. The van der Waals surface area contributed by atoms with Crippen molar-refractivity contribution in [1.82, 2.24) is 19.9 Å². The van der Waals surface area contributed by atoms with Gasteiger partial charge in [0.05, 0.1) is 49.4 Å². The number of aromatic nitrogens is 3. The first-order valence-electron chi connectivity index (χ1n) is 24.5. The largest absolute Gasteiger partial charge is 0.461 e. The number of ether oxygens (including phenoxy) is 2. The molecule has 0 spiro atoms. The highest BCUT2D eigenvalue weighted by Gasteiger charge is 2.50. The van der Waals surface area contributed by atoms with Crippen LogP contribution in [0.2, 0.25) is 16.6 Å². The van der Waals surface area contributed by atoms with E-state index < -0.39 is 49.8 Å². The van der Waals surface area contributed by atoms with Crippen LogP contribution in [0.4, 0.5) is 29.1 Å². The number of alkyl halides is 1. The highest BCUT2D eigenvalue weighted by atomic mass is 28.3. The molecule has 13 heteroatoms. The Morgan fingerprint density at radius 3 is 2.33 bits per heavy atom. The van der Waals surface area contributed by atoms with Crippen LogP contribution in [0.1, 0.15) is 86.7 Å². The number of rotatable bonds is 11. The third-order valence-corrected chi connectivity index (χ3v) is 20.9. The van der Waals surface area contributed by atoms with E-state index >= 15 is 17.6 Å². The summed E-state index contributed by atoms with van der Waals surface area (Å²) in [7, 11) is -2.52. The number of hydrogen-bond donors (Lipinski definition) is 0. The average Bonchev–Trinajstić information content (AvgIpc) is 3.90. The summed E-state index contributed by atoms with van der Waals surface area (Å²) in [6, 6.07) is 23.0. The molecule has 0 amide bonds. The Balaban J connectivity index is 1.23. The smallest absolute Gasteiger partial charge is 0.319 e. The van der Waals surface area contributed by atoms with E-state index in [1.807, 2.05) is 65.6 Å². The van der Waals surface area contributed by atoms with Gasteiger partial charge in [0.25, 0.3) is 0 Å². The third-order valence-electron chi connectivity index (χ3n) is 14.6. The van der Waals surface area contributed by atoms with E-state index in [4.69, 9.17) is 24.4 Å². The zero-order valence-electron chi connectivity index (χ0n) is 40.7. The molecule has 3 aliphatic heterocycles. The van der Waals surface area contributed by atoms with E-state index in [2.05, 4.69) is 58.0 Å². The summed E-state index contributed by atoms with van der Waals surface area (Å²) in [5.74, 6) is 0.296. The molecule has 0 N–H and O–H groups in total. The maximum Gasteiger partial charge on any atom is 0.319 e. The Morgan fingerprint density at radius 1 is 0.940 bits per heavy atom. The van der Waals surface area contributed by atoms with E-state index in [1.54, 1.807) is 17.0 Å². The number of nitrogens with zero attached hydrogens (tertiary/aromatic N) is 6. The van der Waals surface area contributed by atoms with E-state index in [9.17, 15) is 2.74 Å². The minimum absolute atomic E-state index is 0.0485. The summed E-state index contributed by atoms with van der Waals surface area (Å²) >= 11 is 0. The van der Waals surface area contributed by atoms with Gasteiger partial charge in [0.2, 0.25) is 0 Å². The molecule has 4 fully saturated rings. The molecule has 1 aliphatic carbocycles. The fraction of sp³-hybridized carbons (Fsp3) is 0.407. The Bertz CT molecular complexity index is 3000. The zero-order chi connectivity index (χ0) is 48.6. The van der Waals surface area contributed by atoms with E-state index in [0.717, 1.165) is 23.6 Å². The summed E-state index contributed by atoms with van der Waals surface area (Å²) in [5, 5.41) is 0.637. The number of pyridine rings is 1.